The van der Waals surface area contributed by atoms with Crippen LogP contribution < -0.4 is 14.4 Å². The third-order valence-corrected chi connectivity index (χ3v) is 5.98. The van der Waals surface area contributed by atoms with Gasteiger partial charge in [-0.05, 0) is 46.9 Å². The number of nitrogens with one attached hydrogen (secondary N) is 1. The number of sulfonamides is 1. The Morgan fingerprint density at radius 2 is 2.04 bits per heavy atom. The Morgan fingerprint density at radius 3 is 2.69 bits per heavy atom. The number of hydrogen-bond donors (Lipinski definition) is 1. The molecule has 1 aromatic heterocycles. The van der Waals surface area contributed by atoms with Crippen molar-refractivity contribution in [2.45, 2.75) is 11.1 Å². The molecule has 11 heteroatoms. The third-order valence-electron chi connectivity index (χ3n) is 3.72. The fourth-order valence-electron chi connectivity index (χ4n) is 2.36. The predicted octanol–water partition coefficient (Wildman–Crippen LogP) is 3.33. The van der Waals surface area contributed by atoms with Crippen molar-refractivity contribution in [3.8, 4) is 5.75 Å². The molecule has 0 spiro atoms. The molecule has 1 aromatic carbocycles. The van der Waals surface area contributed by atoms with Crippen LogP contribution in [-0.2, 0) is 16.2 Å². The van der Waals surface area contributed by atoms with Crippen LogP contribution in [0.4, 0.5) is 24.5 Å². The number of pyridine rings is 1. The number of hydrogen-bond acceptors (Lipinski definition) is 5. The lowest BCUT2D eigenvalue weighted by atomic mass is 10.2. The van der Waals surface area contributed by atoms with E-state index in [1.807, 2.05) is 11.9 Å². The van der Waals surface area contributed by atoms with E-state index in [0.29, 0.717) is 24.6 Å². The molecule has 1 aliphatic rings. The Hall–Kier alpha value is -1.76. The maximum Gasteiger partial charge on any atom is 0.433 e. The first kappa shape index (κ1) is 19.0. The number of halogens is 4. The molecule has 2 heterocycles. The van der Waals surface area contributed by atoms with E-state index in [1.54, 1.807) is 28.7 Å². The average molecular weight is 499 g/mol. The summed E-state index contributed by atoms with van der Waals surface area (Å²) in [7, 11) is -2.19. The summed E-state index contributed by atoms with van der Waals surface area (Å²) in [6.45, 7) is 1.12. The minimum Gasteiger partial charge on any atom is -0.490 e. The maximum absolute atomic E-state index is 12.7. The number of likely N-dealkylation sites (N-methyl/N-ethyl adjacent to an activating group) is 1. The highest BCUT2D eigenvalue weighted by Crippen LogP contribution is 2.34. The highest BCUT2D eigenvalue weighted by atomic mass is 127. The zero-order chi connectivity index (χ0) is 19.1. The number of alkyl halides is 3. The van der Waals surface area contributed by atoms with Gasteiger partial charge in [-0.1, -0.05) is 0 Å². The second-order valence-electron chi connectivity index (χ2n) is 5.55. The molecular formula is C15H13F3IN3O3S. The molecule has 0 saturated heterocycles. The van der Waals surface area contributed by atoms with E-state index >= 15 is 0 Å². The molecule has 0 aliphatic carbocycles. The smallest absolute Gasteiger partial charge is 0.433 e. The summed E-state index contributed by atoms with van der Waals surface area (Å²) >= 11 is 1.63. The van der Waals surface area contributed by atoms with Gasteiger partial charge in [0.05, 0.1) is 29.0 Å². The number of aromatic nitrogens is 1. The molecular weight excluding hydrogens is 486 g/mol. The quantitative estimate of drug-likeness (QED) is 0.657. The molecule has 2 aromatic rings. The lowest BCUT2D eigenvalue weighted by Gasteiger charge is -2.28. The summed E-state index contributed by atoms with van der Waals surface area (Å²) in [5, 5.41) is 0. The van der Waals surface area contributed by atoms with Crippen LogP contribution in [-0.4, -0.2) is 33.6 Å². The van der Waals surface area contributed by atoms with E-state index in [1.165, 1.54) is 12.1 Å². The van der Waals surface area contributed by atoms with Crippen LogP contribution in [0.3, 0.4) is 0 Å². The number of fused-ring (bicyclic) bond motifs is 1. The molecule has 1 N–H and O–H groups in total. The molecule has 0 atom stereocenters. The number of rotatable bonds is 3. The summed E-state index contributed by atoms with van der Waals surface area (Å²) < 4.78 is 71.1. The van der Waals surface area contributed by atoms with Crippen molar-refractivity contribution < 1.29 is 26.3 Å². The number of benzene rings is 1. The average Bonchev–Trinajstić information content (AvgIpc) is 2.55. The topological polar surface area (TPSA) is 71.5 Å². The predicted molar refractivity (Wildman–Crippen MR) is 98.0 cm³/mol. The summed E-state index contributed by atoms with van der Waals surface area (Å²) in [4.78, 5) is 5.12. The van der Waals surface area contributed by atoms with E-state index < -0.39 is 21.9 Å². The van der Waals surface area contributed by atoms with Gasteiger partial charge < -0.3 is 9.64 Å². The van der Waals surface area contributed by atoms with Gasteiger partial charge in [-0.15, -0.1) is 0 Å². The second-order valence-corrected chi connectivity index (χ2v) is 8.40. The molecule has 0 fully saturated rings. The first-order valence-electron chi connectivity index (χ1n) is 7.31. The Balaban J connectivity index is 1.91. The lowest BCUT2D eigenvalue weighted by Crippen LogP contribution is -2.29. The third kappa shape index (κ3) is 3.82. The second kappa shape index (κ2) is 6.76. The molecule has 6 nitrogen and oxygen atoms in total. The normalized spacial score (nSPS) is 14.6. The summed E-state index contributed by atoms with van der Waals surface area (Å²) in [5.41, 5.74) is -0.488. The minimum atomic E-state index is -4.60. The van der Waals surface area contributed by atoms with Crippen LogP contribution in [0, 0.1) is 3.57 Å². The standard InChI is InChI=1S/C15H13F3IN3O3S/c1-22-4-5-25-13-3-2-9(6-12(13)22)26(23,24)21-11-8-20-14(7-10(11)19)15(16,17)18/h2-3,6-8,21H,4-5H2,1H3. The summed E-state index contributed by atoms with van der Waals surface area (Å²) in [6, 6.07) is 5.17. The van der Waals surface area contributed by atoms with Crippen molar-refractivity contribution >= 4 is 44.0 Å². The Labute approximate surface area is 161 Å². The van der Waals surface area contributed by atoms with Crippen molar-refractivity contribution in [3.63, 3.8) is 0 Å². The van der Waals surface area contributed by atoms with E-state index in [4.69, 9.17) is 4.74 Å². The van der Waals surface area contributed by atoms with Crippen LogP contribution >= 0.6 is 22.6 Å². The first-order valence-corrected chi connectivity index (χ1v) is 9.88. The Bertz CT molecular complexity index is 951. The highest BCUT2D eigenvalue weighted by Gasteiger charge is 2.33. The van der Waals surface area contributed by atoms with Gasteiger partial charge in [0.1, 0.15) is 18.1 Å². The van der Waals surface area contributed by atoms with Gasteiger partial charge in [-0.3, -0.25) is 4.72 Å². The van der Waals surface area contributed by atoms with Crippen molar-refractivity contribution in [2.75, 3.05) is 29.8 Å². The molecule has 0 saturated carbocycles. The van der Waals surface area contributed by atoms with E-state index in [9.17, 15) is 21.6 Å². The molecule has 0 bridgehead atoms. The van der Waals surface area contributed by atoms with Crippen LogP contribution in [0.15, 0.2) is 35.4 Å². The minimum absolute atomic E-state index is 0.0238. The molecule has 0 unspecified atom stereocenters. The molecule has 140 valence electrons. The van der Waals surface area contributed by atoms with Crippen LogP contribution in [0.25, 0.3) is 0 Å². The monoisotopic (exact) mass is 499 g/mol. The molecule has 0 amide bonds. The molecule has 0 radical (unpaired) electrons. The van der Waals surface area contributed by atoms with E-state index in [0.717, 1.165) is 12.3 Å². The van der Waals surface area contributed by atoms with Gasteiger partial charge in [0, 0.05) is 10.6 Å². The highest BCUT2D eigenvalue weighted by molar-refractivity contribution is 14.1. The van der Waals surface area contributed by atoms with Crippen LogP contribution in [0.2, 0.25) is 0 Å². The van der Waals surface area contributed by atoms with Crippen molar-refractivity contribution in [2.24, 2.45) is 0 Å². The Morgan fingerprint density at radius 1 is 1.31 bits per heavy atom. The van der Waals surface area contributed by atoms with Crippen molar-refractivity contribution in [1.29, 1.82) is 0 Å². The van der Waals surface area contributed by atoms with Gasteiger partial charge >= 0.3 is 6.18 Å². The van der Waals surface area contributed by atoms with Crippen LogP contribution in [0.1, 0.15) is 5.69 Å². The van der Waals surface area contributed by atoms with Crippen molar-refractivity contribution in [3.05, 3.63) is 39.7 Å². The zero-order valence-electron chi connectivity index (χ0n) is 13.3. The largest absolute Gasteiger partial charge is 0.490 e. The van der Waals surface area contributed by atoms with Gasteiger partial charge in [-0.2, -0.15) is 13.2 Å². The van der Waals surface area contributed by atoms with Gasteiger partial charge in [0.25, 0.3) is 10.0 Å². The lowest BCUT2D eigenvalue weighted by molar-refractivity contribution is -0.141. The van der Waals surface area contributed by atoms with Gasteiger partial charge in [0.15, 0.2) is 0 Å². The van der Waals surface area contributed by atoms with E-state index in [2.05, 4.69) is 9.71 Å². The summed E-state index contributed by atoms with van der Waals surface area (Å²) in [6.07, 6.45) is -3.74. The molecule has 26 heavy (non-hydrogen) atoms. The fraction of sp³-hybridized carbons (Fsp3) is 0.267. The fourth-order valence-corrected chi connectivity index (χ4v) is 4.20. The molecule has 3 rings (SSSR count). The van der Waals surface area contributed by atoms with Gasteiger partial charge in [-0.25, -0.2) is 13.4 Å². The zero-order valence-corrected chi connectivity index (χ0v) is 16.3. The SMILES string of the molecule is CN1CCOc2ccc(S(=O)(=O)Nc3cnc(C(F)(F)F)cc3I)cc21. The maximum atomic E-state index is 12.7. The number of anilines is 2. The van der Waals surface area contributed by atoms with Gasteiger partial charge in [0.2, 0.25) is 0 Å². The number of nitrogens with zero attached hydrogens (tertiary/aromatic N) is 2. The van der Waals surface area contributed by atoms with Crippen molar-refractivity contribution in [1.82, 2.24) is 4.98 Å². The first-order chi connectivity index (χ1) is 12.1. The van der Waals surface area contributed by atoms with E-state index in [-0.39, 0.29) is 14.2 Å². The Kier molecular flexibility index (Phi) is 4.94. The van der Waals surface area contributed by atoms with Crippen LogP contribution in [0.5, 0.6) is 5.75 Å². The molecule has 1 aliphatic heterocycles. The summed E-state index contributed by atoms with van der Waals surface area (Å²) in [5.74, 6) is 0.573. The number of ether oxygens (including phenoxy) is 1.